The van der Waals surface area contributed by atoms with E-state index in [1.54, 1.807) is 0 Å². The Morgan fingerprint density at radius 3 is 2.81 bits per heavy atom. The van der Waals surface area contributed by atoms with E-state index in [0.717, 1.165) is 23.2 Å². The van der Waals surface area contributed by atoms with Gasteiger partial charge in [-0.2, -0.15) is 0 Å². The van der Waals surface area contributed by atoms with Gasteiger partial charge in [-0.05, 0) is 25.0 Å². The summed E-state index contributed by atoms with van der Waals surface area (Å²) in [7, 11) is 0. The Hall–Kier alpha value is -1.24. The molecule has 114 valence electrons. The summed E-state index contributed by atoms with van der Waals surface area (Å²) >= 11 is 0. The second-order valence-electron chi connectivity index (χ2n) is 5.39. The van der Waals surface area contributed by atoms with Crippen molar-refractivity contribution in [2.75, 3.05) is 6.54 Å². The normalized spacial score (nSPS) is 16.1. The Morgan fingerprint density at radius 2 is 2.05 bits per heavy atom. The number of halogens is 1. The van der Waals surface area contributed by atoms with Crippen LogP contribution in [-0.4, -0.2) is 18.5 Å². The molecule has 0 unspecified atom stereocenters. The fourth-order valence-electron chi connectivity index (χ4n) is 2.77. The van der Waals surface area contributed by atoms with Crippen LogP contribution in [0, 0.1) is 0 Å². The van der Waals surface area contributed by atoms with Gasteiger partial charge in [0.1, 0.15) is 11.3 Å². The molecule has 4 nitrogen and oxygen atoms in total. The quantitative estimate of drug-likeness (QED) is 0.471. The minimum Gasteiger partial charge on any atom is -0.461 e. The number of guanidine groups is 1. The lowest BCUT2D eigenvalue weighted by Gasteiger charge is -2.11. The molecule has 1 heterocycles. The smallest absolute Gasteiger partial charge is 0.188 e. The van der Waals surface area contributed by atoms with Gasteiger partial charge in [-0.25, -0.2) is 0 Å². The number of nitrogens with two attached hydrogens (primary N) is 1. The summed E-state index contributed by atoms with van der Waals surface area (Å²) < 4.78 is 5.75. The van der Waals surface area contributed by atoms with Crippen LogP contribution in [0.15, 0.2) is 39.7 Å². The molecule has 5 heteroatoms. The molecular formula is C16H22IN3O. The maximum atomic E-state index is 5.90. The SMILES string of the molecule is I.NC(=NCCc1cc2ccccc2o1)NC1CCCC1. The monoisotopic (exact) mass is 399 g/mol. The van der Waals surface area contributed by atoms with Crippen molar-refractivity contribution in [1.82, 2.24) is 5.32 Å². The highest BCUT2D eigenvalue weighted by atomic mass is 127. The maximum absolute atomic E-state index is 5.90. The maximum Gasteiger partial charge on any atom is 0.188 e. The molecule has 0 spiro atoms. The van der Waals surface area contributed by atoms with Crippen LogP contribution >= 0.6 is 24.0 Å². The number of hydrogen-bond acceptors (Lipinski definition) is 2. The molecule has 0 aliphatic heterocycles. The van der Waals surface area contributed by atoms with Crippen LogP contribution in [0.3, 0.4) is 0 Å². The molecular weight excluding hydrogens is 377 g/mol. The topological polar surface area (TPSA) is 63.5 Å². The number of aliphatic imine (C=N–C) groups is 1. The first-order valence-corrected chi connectivity index (χ1v) is 7.35. The van der Waals surface area contributed by atoms with Crippen molar-refractivity contribution in [3.8, 4) is 0 Å². The molecule has 2 aromatic rings. The molecule has 0 radical (unpaired) electrons. The van der Waals surface area contributed by atoms with Crippen molar-refractivity contribution >= 4 is 40.9 Å². The van der Waals surface area contributed by atoms with Crippen LogP contribution in [0.4, 0.5) is 0 Å². The van der Waals surface area contributed by atoms with Gasteiger partial charge in [-0.15, -0.1) is 24.0 Å². The summed E-state index contributed by atoms with van der Waals surface area (Å²) in [5.41, 5.74) is 6.83. The average molecular weight is 399 g/mol. The number of rotatable bonds is 4. The number of benzene rings is 1. The van der Waals surface area contributed by atoms with Gasteiger partial charge in [0, 0.05) is 24.4 Å². The molecule has 0 bridgehead atoms. The Morgan fingerprint density at radius 1 is 1.29 bits per heavy atom. The lowest BCUT2D eigenvalue weighted by atomic mass is 10.2. The molecule has 0 saturated heterocycles. The first kappa shape index (κ1) is 16.1. The number of fused-ring (bicyclic) bond motifs is 1. The largest absolute Gasteiger partial charge is 0.461 e. The van der Waals surface area contributed by atoms with Crippen molar-refractivity contribution in [2.45, 2.75) is 38.1 Å². The van der Waals surface area contributed by atoms with Crippen LogP contribution in [0.2, 0.25) is 0 Å². The molecule has 1 aliphatic rings. The summed E-state index contributed by atoms with van der Waals surface area (Å²) in [5.74, 6) is 1.52. The summed E-state index contributed by atoms with van der Waals surface area (Å²) in [6.45, 7) is 0.658. The van der Waals surface area contributed by atoms with Gasteiger partial charge in [-0.3, -0.25) is 4.99 Å². The molecule has 1 aliphatic carbocycles. The van der Waals surface area contributed by atoms with E-state index in [-0.39, 0.29) is 24.0 Å². The number of para-hydroxylation sites is 1. The van der Waals surface area contributed by atoms with Gasteiger partial charge in [0.05, 0.1) is 0 Å². The number of hydrogen-bond donors (Lipinski definition) is 2. The Kier molecular flexibility index (Phi) is 5.90. The van der Waals surface area contributed by atoms with Crippen molar-refractivity contribution in [1.29, 1.82) is 0 Å². The van der Waals surface area contributed by atoms with Crippen LogP contribution in [-0.2, 0) is 6.42 Å². The molecule has 1 aromatic heterocycles. The van der Waals surface area contributed by atoms with E-state index in [4.69, 9.17) is 10.2 Å². The Bertz CT molecular complexity index is 569. The van der Waals surface area contributed by atoms with Gasteiger partial charge in [0.2, 0.25) is 0 Å². The molecule has 1 fully saturated rings. The van der Waals surface area contributed by atoms with Crippen molar-refractivity contribution in [3.63, 3.8) is 0 Å². The predicted octanol–water partition coefficient (Wildman–Crippen LogP) is 3.44. The Balaban J connectivity index is 0.00000161. The zero-order valence-electron chi connectivity index (χ0n) is 12.0. The van der Waals surface area contributed by atoms with Crippen molar-refractivity contribution in [3.05, 3.63) is 36.1 Å². The number of nitrogens with zero attached hydrogens (tertiary/aromatic N) is 1. The second kappa shape index (κ2) is 7.68. The van der Waals surface area contributed by atoms with E-state index in [1.807, 2.05) is 18.2 Å². The van der Waals surface area contributed by atoms with Crippen molar-refractivity contribution < 1.29 is 4.42 Å². The summed E-state index contributed by atoms with van der Waals surface area (Å²) in [6.07, 6.45) is 5.79. The van der Waals surface area contributed by atoms with Crippen LogP contribution in [0.25, 0.3) is 11.0 Å². The minimum atomic E-state index is 0. The fourth-order valence-corrected chi connectivity index (χ4v) is 2.77. The fraction of sp³-hybridized carbons (Fsp3) is 0.438. The highest BCUT2D eigenvalue weighted by molar-refractivity contribution is 14.0. The van der Waals surface area contributed by atoms with Gasteiger partial charge < -0.3 is 15.5 Å². The molecule has 1 saturated carbocycles. The van der Waals surface area contributed by atoms with Gasteiger partial charge >= 0.3 is 0 Å². The highest BCUT2D eigenvalue weighted by Crippen LogP contribution is 2.19. The molecule has 0 atom stereocenters. The van der Waals surface area contributed by atoms with Gasteiger partial charge in [0.25, 0.3) is 0 Å². The second-order valence-corrected chi connectivity index (χ2v) is 5.39. The first-order chi connectivity index (χ1) is 9.81. The van der Waals surface area contributed by atoms with E-state index in [0.29, 0.717) is 18.5 Å². The molecule has 3 rings (SSSR count). The third-order valence-corrected chi connectivity index (χ3v) is 3.82. The summed E-state index contributed by atoms with van der Waals surface area (Å²) in [6, 6.07) is 10.6. The minimum absolute atomic E-state index is 0. The Labute approximate surface area is 142 Å². The number of furan rings is 1. The standard InChI is InChI=1S/C16H21N3O.HI/c17-16(19-13-6-2-3-7-13)18-10-9-14-11-12-5-1-4-8-15(12)20-14;/h1,4-5,8,11,13H,2-3,6-7,9-10H2,(H3,17,18,19);1H. The summed E-state index contributed by atoms with van der Waals surface area (Å²) in [4.78, 5) is 4.38. The van der Waals surface area contributed by atoms with Crippen LogP contribution in [0.5, 0.6) is 0 Å². The van der Waals surface area contributed by atoms with Crippen molar-refractivity contribution in [2.24, 2.45) is 10.7 Å². The van der Waals surface area contributed by atoms with Gasteiger partial charge in [-0.1, -0.05) is 31.0 Å². The van der Waals surface area contributed by atoms with E-state index in [2.05, 4.69) is 22.4 Å². The van der Waals surface area contributed by atoms with Crippen LogP contribution < -0.4 is 11.1 Å². The lowest BCUT2D eigenvalue weighted by molar-refractivity contribution is 0.549. The van der Waals surface area contributed by atoms with E-state index < -0.39 is 0 Å². The van der Waals surface area contributed by atoms with Gasteiger partial charge in [0.15, 0.2) is 5.96 Å². The molecule has 1 aromatic carbocycles. The van der Waals surface area contributed by atoms with E-state index in [1.165, 1.54) is 25.7 Å². The third-order valence-electron chi connectivity index (χ3n) is 3.82. The lowest BCUT2D eigenvalue weighted by Crippen LogP contribution is -2.38. The number of nitrogens with one attached hydrogen (secondary N) is 1. The predicted molar refractivity (Wildman–Crippen MR) is 97.2 cm³/mol. The van der Waals surface area contributed by atoms with Crippen LogP contribution in [0.1, 0.15) is 31.4 Å². The third kappa shape index (κ3) is 4.36. The zero-order chi connectivity index (χ0) is 13.8. The molecule has 0 amide bonds. The highest BCUT2D eigenvalue weighted by Gasteiger charge is 2.14. The molecule has 21 heavy (non-hydrogen) atoms. The molecule has 3 N–H and O–H groups in total. The summed E-state index contributed by atoms with van der Waals surface area (Å²) in [5, 5.41) is 4.43. The zero-order valence-corrected chi connectivity index (χ0v) is 14.4. The first-order valence-electron chi connectivity index (χ1n) is 7.35. The average Bonchev–Trinajstić information content (AvgIpc) is 3.07. The van der Waals surface area contributed by atoms with E-state index >= 15 is 0 Å². The van der Waals surface area contributed by atoms with E-state index in [9.17, 15) is 0 Å².